The van der Waals surface area contributed by atoms with Crippen LogP contribution in [0.2, 0.25) is 0 Å². The smallest absolute Gasteiger partial charge is 0.243 e. The highest BCUT2D eigenvalue weighted by Gasteiger charge is 2.37. The van der Waals surface area contributed by atoms with Crippen molar-refractivity contribution < 1.29 is 9.90 Å². The summed E-state index contributed by atoms with van der Waals surface area (Å²) in [6.07, 6.45) is 0.319. The molecule has 4 nitrogen and oxygen atoms in total. The maximum atomic E-state index is 12.6. The Bertz CT molecular complexity index is 733. The van der Waals surface area contributed by atoms with E-state index in [-0.39, 0.29) is 11.8 Å². The van der Waals surface area contributed by atoms with Crippen LogP contribution in [0.25, 0.3) is 0 Å². The molecule has 0 radical (unpaired) electrons. The molecule has 0 saturated heterocycles. The van der Waals surface area contributed by atoms with Crippen molar-refractivity contribution in [3.63, 3.8) is 0 Å². The first-order valence-corrected chi connectivity index (χ1v) is 8.16. The molecule has 0 aromatic heterocycles. The van der Waals surface area contributed by atoms with Crippen molar-refractivity contribution in [1.29, 1.82) is 0 Å². The summed E-state index contributed by atoms with van der Waals surface area (Å²) in [5.41, 5.74) is 1.56. The van der Waals surface area contributed by atoms with E-state index in [2.05, 4.69) is 5.10 Å². The zero-order valence-corrected chi connectivity index (χ0v) is 14.0. The van der Waals surface area contributed by atoms with Gasteiger partial charge in [-0.25, -0.2) is 5.01 Å². The topological polar surface area (TPSA) is 52.9 Å². The van der Waals surface area contributed by atoms with E-state index in [0.29, 0.717) is 18.7 Å². The highest BCUT2D eigenvalue weighted by atomic mass is 16.3. The Hall–Kier alpha value is -2.46. The Kier molecular flexibility index (Phi) is 4.49. The summed E-state index contributed by atoms with van der Waals surface area (Å²) in [6.45, 7) is 3.86. The van der Waals surface area contributed by atoms with Gasteiger partial charge in [-0.2, -0.15) is 5.10 Å². The van der Waals surface area contributed by atoms with Crippen LogP contribution in [0.3, 0.4) is 0 Å². The van der Waals surface area contributed by atoms with Crippen LogP contribution < -0.4 is 0 Å². The van der Waals surface area contributed by atoms with Gasteiger partial charge in [0, 0.05) is 12.3 Å². The minimum absolute atomic E-state index is 0.0271. The summed E-state index contributed by atoms with van der Waals surface area (Å²) in [7, 11) is 0. The largest absolute Gasteiger partial charge is 0.384 e. The van der Waals surface area contributed by atoms with Crippen LogP contribution in [0.4, 0.5) is 0 Å². The first-order valence-electron chi connectivity index (χ1n) is 8.16. The Morgan fingerprint density at radius 2 is 1.67 bits per heavy atom. The van der Waals surface area contributed by atoms with Crippen LogP contribution in [0.1, 0.15) is 37.3 Å². The number of nitrogens with zero attached hydrogens (tertiary/aromatic N) is 2. The van der Waals surface area contributed by atoms with Gasteiger partial charge in [-0.1, -0.05) is 60.7 Å². The fourth-order valence-corrected chi connectivity index (χ4v) is 3.02. The van der Waals surface area contributed by atoms with Crippen LogP contribution in [0.5, 0.6) is 0 Å². The molecule has 2 aromatic rings. The quantitative estimate of drug-likeness (QED) is 0.939. The highest BCUT2D eigenvalue weighted by Crippen LogP contribution is 2.32. The van der Waals surface area contributed by atoms with Crippen LogP contribution in [-0.4, -0.2) is 27.3 Å². The number of aliphatic hydroxyl groups is 1. The normalized spacial score (nSPS) is 18.5. The molecule has 1 heterocycles. The molecule has 0 saturated carbocycles. The Labute approximate surface area is 142 Å². The van der Waals surface area contributed by atoms with Gasteiger partial charge in [0.05, 0.1) is 17.9 Å². The number of carbonyl (C=O) groups is 1. The lowest BCUT2D eigenvalue weighted by Gasteiger charge is -2.34. The monoisotopic (exact) mass is 322 g/mol. The van der Waals surface area contributed by atoms with Crippen LogP contribution in [-0.2, 0) is 11.3 Å². The van der Waals surface area contributed by atoms with Gasteiger partial charge in [0.2, 0.25) is 5.91 Å². The summed E-state index contributed by atoms with van der Waals surface area (Å²) < 4.78 is 0. The second kappa shape index (κ2) is 6.57. The van der Waals surface area contributed by atoms with Gasteiger partial charge >= 0.3 is 0 Å². The zero-order valence-electron chi connectivity index (χ0n) is 14.0. The molecule has 3 rings (SSSR count). The van der Waals surface area contributed by atoms with Crippen molar-refractivity contribution in [2.75, 3.05) is 0 Å². The van der Waals surface area contributed by atoms with Gasteiger partial charge in [-0.15, -0.1) is 0 Å². The van der Waals surface area contributed by atoms with Crippen molar-refractivity contribution in [2.24, 2.45) is 5.10 Å². The summed E-state index contributed by atoms with van der Waals surface area (Å²) in [5.74, 6) is -0.216. The average molecular weight is 322 g/mol. The molecule has 1 atom stereocenters. The molecule has 0 bridgehead atoms. The van der Waals surface area contributed by atoms with Crippen LogP contribution in [0, 0.1) is 0 Å². The number of amides is 1. The minimum Gasteiger partial charge on any atom is -0.384 e. The van der Waals surface area contributed by atoms with E-state index in [0.717, 1.165) is 11.1 Å². The molecule has 1 aliphatic rings. The fraction of sp³-hybridized carbons (Fsp3) is 0.300. The van der Waals surface area contributed by atoms with E-state index in [4.69, 9.17) is 0 Å². The maximum absolute atomic E-state index is 12.6. The molecule has 2 aromatic carbocycles. The summed E-state index contributed by atoms with van der Waals surface area (Å²) in [4.78, 5) is 12.6. The molecule has 24 heavy (non-hydrogen) atoms. The maximum Gasteiger partial charge on any atom is 0.243 e. The second-order valence-electron chi connectivity index (χ2n) is 6.65. The van der Waals surface area contributed by atoms with Crippen molar-refractivity contribution in [3.05, 3.63) is 71.8 Å². The second-order valence-corrected chi connectivity index (χ2v) is 6.65. The van der Waals surface area contributed by atoms with Crippen molar-refractivity contribution in [3.8, 4) is 0 Å². The number of hydrogen-bond acceptors (Lipinski definition) is 3. The Morgan fingerprint density at radius 1 is 1.08 bits per heavy atom. The molecule has 1 aliphatic heterocycles. The van der Waals surface area contributed by atoms with Gasteiger partial charge in [0.15, 0.2) is 0 Å². The molecule has 0 spiro atoms. The van der Waals surface area contributed by atoms with Crippen molar-refractivity contribution >= 4 is 11.6 Å². The van der Waals surface area contributed by atoms with Gasteiger partial charge in [-0.3, -0.25) is 4.79 Å². The third-order valence-corrected chi connectivity index (χ3v) is 4.23. The molecule has 124 valence electrons. The van der Waals surface area contributed by atoms with Crippen LogP contribution in [0.15, 0.2) is 65.8 Å². The number of rotatable bonds is 4. The zero-order chi connectivity index (χ0) is 17.2. The third kappa shape index (κ3) is 3.54. The van der Waals surface area contributed by atoms with Gasteiger partial charge in [-0.05, 0) is 25.0 Å². The standard InChI is InChI=1S/C20H22N2O2/c1-20(2,24)19-17(16-11-7-4-8-12-16)13-18(23)22(21-19)14-15-9-5-3-6-10-15/h3-12,17,24H,13-14H2,1-2H3/t17-/m1/s1. The first-order chi connectivity index (χ1) is 11.4. The molecule has 1 N–H and O–H groups in total. The molecular formula is C20H22N2O2. The van der Waals surface area contributed by atoms with Crippen LogP contribution >= 0.6 is 0 Å². The lowest BCUT2D eigenvalue weighted by Crippen LogP contribution is -2.44. The molecule has 4 heteroatoms. The summed E-state index contributed by atoms with van der Waals surface area (Å²) >= 11 is 0. The summed E-state index contributed by atoms with van der Waals surface area (Å²) in [5, 5.41) is 16.6. The van der Waals surface area contributed by atoms with E-state index in [1.54, 1.807) is 13.8 Å². The molecule has 0 fully saturated rings. The Balaban J connectivity index is 1.95. The predicted molar refractivity (Wildman–Crippen MR) is 94.5 cm³/mol. The minimum atomic E-state index is -1.09. The lowest BCUT2D eigenvalue weighted by atomic mass is 9.82. The van der Waals surface area contributed by atoms with E-state index in [9.17, 15) is 9.90 Å². The number of carbonyl (C=O) groups excluding carboxylic acids is 1. The predicted octanol–water partition coefficient (Wildman–Crippen LogP) is 3.33. The summed E-state index contributed by atoms with van der Waals surface area (Å²) in [6, 6.07) is 19.5. The number of hydrazone groups is 1. The molecule has 0 aliphatic carbocycles. The highest BCUT2D eigenvalue weighted by molar-refractivity contribution is 6.02. The number of benzene rings is 2. The lowest BCUT2D eigenvalue weighted by molar-refractivity contribution is -0.132. The van der Waals surface area contributed by atoms with E-state index < -0.39 is 5.60 Å². The van der Waals surface area contributed by atoms with Gasteiger partial charge in [0.25, 0.3) is 0 Å². The van der Waals surface area contributed by atoms with Crippen molar-refractivity contribution in [1.82, 2.24) is 5.01 Å². The van der Waals surface area contributed by atoms with Gasteiger partial charge in [0.1, 0.15) is 0 Å². The van der Waals surface area contributed by atoms with E-state index >= 15 is 0 Å². The van der Waals surface area contributed by atoms with Crippen molar-refractivity contribution in [2.45, 2.75) is 38.3 Å². The van der Waals surface area contributed by atoms with E-state index in [1.165, 1.54) is 5.01 Å². The van der Waals surface area contributed by atoms with Gasteiger partial charge < -0.3 is 5.11 Å². The molecule has 1 amide bonds. The molecular weight excluding hydrogens is 300 g/mol. The SMILES string of the molecule is CC(C)(O)C1=NN(Cc2ccccc2)C(=O)C[C@@H]1c1ccccc1. The molecule has 0 unspecified atom stereocenters. The third-order valence-electron chi connectivity index (χ3n) is 4.23. The fourth-order valence-electron chi connectivity index (χ4n) is 3.02. The number of hydrogen-bond donors (Lipinski definition) is 1. The van der Waals surface area contributed by atoms with E-state index in [1.807, 2.05) is 60.7 Å². The average Bonchev–Trinajstić information content (AvgIpc) is 2.57. The first kappa shape index (κ1) is 16.4. The Morgan fingerprint density at radius 3 is 2.25 bits per heavy atom.